The molecule has 7 nitrogen and oxygen atoms in total. The number of sulfone groups is 1. The van der Waals surface area contributed by atoms with E-state index in [9.17, 15) is 28.2 Å². The number of rotatable bonds is 2. The van der Waals surface area contributed by atoms with E-state index in [-0.39, 0.29) is 4.91 Å². The zero-order valence-corrected chi connectivity index (χ0v) is 12.4. The topological polar surface area (TPSA) is 115 Å². The van der Waals surface area contributed by atoms with E-state index in [1.54, 1.807) is 20.8 Å². The molecule has 1 N–H and O–H groups in total. The number of carbonyl (C=O) groups excluding carboxylic acids is 2. The largest absolute Gasteiger partial charge is 0.543 e. The van der Waals surface area contributed by atoms with Crippen LogP contribution in [0.3, 0.4) is 0 Å². The average molecular weight is 302 g/mol. The van der Waals surface area contributed by atoms with Crippen molar-refractivity contribution in [2.75, 3.05) is 0 Å². The Kier molecular flexibility index (Phi) is 3.03. The standard InChI is InChI=1S/C12H17NO6S/c1-5(14)6-9(15)13-7(11(16)17)8(12(2,3)4)20(18,19)10(6)13/h5-6,10,14H,1-4H3,(H,16,17)/p-1/t5-,6+,10-/m1/s1. The van der Waals surface area contributed by atoms with Gasteiger partial charge in [-0.25, -0.2) is 8.42 Å². The number of fused-ring (bicyclic) bond motifs is 1. The van der Waals surface area contributed by atoms with Crippen LogP contribution < -0.4 is 5.11 Å². The molecule has 3 atom stereocenters. The summed E-state index contributed by atoms with van der Waals surface area (Å²) in [5.41, 5.74) is -1.57. The molecule has 0 aromatic rings. The van der Waals surface area contributed by atoms with Crippen LogP contribution in [0.2, 0.25) is 0 Å². The highest BCUT2D eigenvalue weighted by atomic mass is 32.2. The van der Waals surface area contributed by atoms with Crippen LogP contribution in [0.5, 0.6) is 0 Å². The molecule has 0 aromatic carbocycles. The van der Waals surface area contributed by atoms with Crippen LogP contribution in [0.4, 0.5) is 0 Å². The molecule has 112 valence electrons. The summed E-state index contributed by atoms with van der Waals surface area (Å²) in [4.78, 5) is 23.6. The van der Waals surface area contributed by atoms with Crippen molar-refractivity contribution in [3.8, 4) is 0 Å². The lowest BCUT2D eigenvalue weighted by Gasteiger charge is -2.43. The van der Waals surface area contributed by atoms with Gasteiger partial charge in [0.15, 0.2) is 15.2 Å². The second-order valence-electron chi connectivity index (χ2n) is 6.13. The summed E-state index contributed by atoms with van der Waals surface area (Å²) in [5, 5.41) is 19.5. The Hall–Kier alpha value is -1.41. The third-order valence-corrected chi connectivity index (χ3v) is 6.05. The summed E-state index contributed by atoms with van der Waals surface area (Å²) in [6.07, 6.45) is -1.17. The third-order valence-electron chi connectivity index (χ3n) is 3.54. The third kappa shape index (κ3) is 1.71. The summed E-state index contributed by atoms with van der Waals surface area (Å²) in [5.74, 6) is -3.53. The smallest absolute Gasteiger partial charge is 0.237 e. The molecule has 1 fully saturated rings. The monoisotopic (exact) mass is 302 g/mol. The number of carbonyl (C=O) groups is 2. The first-order valence-electron chi connectivity index (χ1n) is 6.13. The average Bonchev–Trinajstić information content (AvgIpc) is 2.42. The highest BCUT2D eigenvalue weighted by Gasteiger charge is 2.64. The zero-order chi connectivity index (χ0) is 15.6. The van der Waals surface area contributed by atoms with Crippen molar-refractivity contribution in [3.05, 3.63) is 10.6 Å². The van der Waals surface area contributed by atoms with E-state index in [2.05, 4.69) is 0 Å². The highest BCUT2D eigenvalue weighted by molar-refractivity contribution is 7.96. The fraction of sp³-hybridized carbons (Fsp3) is 0.667. The van der Waals surface area contributed by atoms with E-state index in [0.29, 0.717) is 0 Å². The van der Waals surface area contributed by atoms with Crippen molar-refractivity contribution in [1.29, 1.82) is 0 Å². The second-order valence-corrected chi connectivity index (χ2v) is 8.11. The molecule has 8 heteroatoms. The van der Waals surface area contributed by atoms with E-state index in [1.807, 2.05) is 0 Å². The molecule has 2 rings (SSSR count). The van der Waals surface area contributed by atoms with Gasteiger partial charge in [0.05, 0.1) is 28.6 Å². The maximum absolute atomic E-state index is 12.5. The Morgan fingerprint density at radius 2 is 1.90 bits per heavy atom. The number of aliphatic hydroxyl groups excluding tert-OH is 1. The molecule has 0 bridgehead atoms. The number of nitrogens with zero attached hydrogens (tertiary/aromatic N) is 1. The number of hydrogen-bond donors (Lipinski definition) is 1. The Balaban J connectivity index is 2.68. The van der Waals surface area contributed by atoms with Gasteiger partial charge >= 0.3 is 0 Å². The normalized spacial score (nSPS) is 30.1. The van der Waals surface area contributed by atoms with Crippen molar-refractivity contribution < 1.29 is 28.2 Å². The summed E-state index contributed by atoms with van der Waals surface area (Å²) in [7, 11) is -4.00. The Morgan fingerprint density at radius 3 is 2.25 bits per heavy atom. The maximum Gasteiger partial charge on any atom is 0.237 e. The fourth-order valence-corrected chi connectivity index (χ4v) is 5.60. The molecular formula is C12H16NO6S-. The number of allylic oxidation sites excluding steroid dienone is 1. The quantitative estimate of drug-likeness (QED) is 0.627. The van der Waals surface area contributed by atoms with Gasteiger partial charge in [0, 0.05) is 5.41 Å². The van der Waals surface area contributed by atoms with Gasteiger partial charge in [-0.15, -0.1) is 0 Å². The number of β-lactam (4-membered cyclic amide) rings is 1. The fourth-order valence-electron chi connectivity index (χ4n) is 2.84. The Labute approximate surface area is 116 Å². The van der Waals surface area contributed by atoms with Crippen molar-refractivity contribution in [1.82, 2.24) is 4.90 Å². The molecule has 2 heterocycles. The van der Waals surface area contributed by atoms with Crippen LogP contribution in [-0.2, 0) is 19.4 Å². The molecule has 0 radical (unpaired) electrons. The molecule has 1 saturated heterocycles. The van der Waals surface area contributed by atoms with Crippen LogP contribution in [0.15, 0.2) is 10.6 Å². The number of carboxylic acid groups (broad SMARTS) is 1. The maximum atomic E-state index is 12.5. The van der Waals surface area contributed by atoms with Gasteiger partial charge in [0.1, 0.15) is 0 Å². The van der Waals surface area contributed by atoms with E-state index in [0.717, 1.165) is 4.90 Å². The molecule has 2 aliphatic heterocycles. The lowest BCUT2D eigenvalue weighted by atomic mass is 9.90. The predicted molar refractivity (Wildman–Crippen MR) is 66.2 cm³/mol. The summed E-state index contributed by atoms with van der Waals surface area (Å²) < 4.78 is 25.0. The minimum atomic E-state index is -4.00. The molecule has 0 spiro atoms. The summed E-state index contributed by atoms with van der Waals surface area (Å²) >= 11 is 0. The van der Waals surface area contributed by atoms with Crippen LogP contribution in [0.1, 0.15) is 27.7 Å². The Bertz CT molecular complexity index is 625. The van der Waals surface area contributed by atoms with Crippen molar-refractivity contribution in [2.45, 2.75) is 39.2 Å². The van der Waals surface area contributed by atoms with Gasteiger partial charge in [-0.1, -0.05) is 20.8 Å². The molecule has 0 saturated carbocycles. The van der Waals surface area contributed by atoms with Crippen LogP contribution >= 0.6 is 0 Å². The number of aliphatic hydroxyl groups is 1. The number of amides is 1. The molecule has 0 aliphatic carbocycles. The molecule has 20 heavy (non-hydrogen) atoms. The second kappa shape index (κ2) is 4.05. The number of hydrogen-bond acceptors (Lipinski definition) is 6. The first-order valence-corrected chi connectivity index (χ1v) is 7.68. The van der Waals surface area contributed by atoms with E-state index in [4.69, 9.17) is 0 Å². The lowest BCUT2D eigenvalue weighted by Crippen LogP contribution is -2.64. The van der Waals surface area contributed by atoms with Gasteiger partial charge in [-0.2, -0.15) is 0 Å². The van der Waals surface area contributed by atoms with Crippen LogP contribution in [0.25, 0.3) is 0 Å². The van der Waals surface area contributed by atoms with Crippen molar-refractivity contribution in [2.24, 2.45) is 11.3 Å². The lowest BCUT2D eigenvalue weighted by molar-refractivity contribution is -0.301. The first-order chi connectivity index (χ1) is 8.92. The van der Waals surface area contributed by atoms with Gasteiger partial charge < -0.3 is 15.0 Å². The molecule has 1 amide bonds. The van der Waals surface area contributed by atoms with Crippen LogP contribution in [-0.4, -0.2) is 41.8 Å². The van der Waals surface area contributed by atoms with E-state index >= 15 is 0 Å². The molecule has 2 aliphatic rings. The van der Waals surface area contributed by atoms with E-state index in [1.165, 1.54) is 6.92 Å². The van der Waals surface area contributed by atoms with Gasteiger partial charge in [-0.05, 0) is 6.92 Å². The van der Waals surface area contributed by atoms with Gasteiger partial charge in [-0.3, -0.25) is 9.69 Å². The van der Waals surface area contributed by atoms with Crippen LogP contribution in [0, 0.1) is 11.3 Å². The Morgan fingerprint density at radius 1 is 1.40 bits per heavy atom. The van der Waals surface area contributed by atoms with Gasteiger partial charge in [0.25, 0.3) is 0 Å². The summed E-state index contributed by atoms with van der Waals surface area (Å²) in [6, 6.07) is 0. The molecule has 0 aromatic heterocycles. The zero-order valence-electron chi connectivity index (χ0n) is 11.6. The first kappa shape index (κ1) is 15.0. The number of carboxylic acids is 1. The molecular weight excluding hydrogens is 286 g/mol. The predicted octanol–water partition coefficient (Wildman–Crippen LogP) is -1.41. The van der Waals surface area contributed by atoms with Crippen molar-refractivity contribution >= 4 is 21.7 Å². The highest BCUT2D eigenvalue weighted by Crippen LogP contribution is 2.50. The SMILES string of the molecule is C[C@@H](O)[C@H]1C(=O)N2C(C(=O)[O-])=C(C(C)(C)C)S(=O)(=O)[C@H]12. The number of aliphatic carboxylic acids is 1. The summed E-state index contributed by atoms with van der Waals surface area (Å²) in [6.45, 7) is 5.97. The minimum absolute atomic E-state index is 0.313. The minimum Gasteiger partial charge on any atom is -0.543 e. The van der Waals surface area contributed by atoms with Gasteiger partial charge in [0.2, 0.25) is 5.91 Å². The molecule has 0 unspecified atom stereocenters. The van der Waals surface area contributed by atoms with E-state index < -0.39 is 50.2 Å². The van der Waals surface area contributed by atoms with Crippen molar-refractivity contribution in [3.63, 3.8) is 0 Å².